The van der Waals surface area contributed by atoms with Crippen molar-refractivity contribution in [3.05, 3.63) is 119 Å². The quantitative estimate of drug-likeness (QED) is 0.129. The molecule has 0 bridgehead atoms. The summed E-state index contributed by atoms with van der Waals surface area (Å²) in [5, 5.41) is 7.47. The summed E-state index contributed by atoms with van der Waals surface area (Å²) in [7, 11) is 0. The van der Waals surface area contributed by atoms with Crippen molar-refractivity contribution in [1.29, 1.82) is 0 Å². The number of hydrogen-bond acceptors (Lipinski definition) is 3. The van der Waals surface area contributed by atoms with Crippen molar-refractivity contribution in [2.45, 2.75) is 80.1 Å². The van der Waals surface area contributed by atoms with E-state index in [1.54, 1.807) is 0 Å². The third kappa shape index (κ3) is 6.07. The molecular formula is C42H44N4OPt. The van der Waals surface area contributed by atoms with E-state index in [0.29, 0.717) is 29.3 Å². The third-order valence-electron chi connectivity index (χ3n) is 9.59. The van der Waals surface area contributed by atoms with Gasteiger partial charge >= 0.3 is 21.1 Å². The average Bonchev–Trinajstić information content (AvgIpc) is 3.51. The summed E-state index contributed by atoms with van der Waals surface area (Å²) in [5.74, 6) is 3.62. The molecule has 0 aliphatic heterocycles. The minimum absolute atomic E-state index is 0. The second-order valence-corrected chi connectivity index (χ2v) is 14.7. The standard InChI is InChI=1S/C42H44N4O.Pt/c1-25-16-17-43-38(22-25)45-36-13-11-10-12-34(36)35-15-14-32(24-37(35)45)47-33-21-27(3)20-31(23-33)46-41(42(7,8)9)40(30(6)44-46)39-28(4)18-26(2)19-29(39)5;/h10-18,20-22,26,29,39H,19H2,1-9H3;/q-2;+2/t26-,29-,39?;/m0./s1. The van der Waals surface area contributed by atoms with Crippen molar-refractivity contribution in [3.63, 3.8) is 0 Å². The molecule has 0 amide bonds. The fraction of sp³-hybridized carbons (Fsp3) is 0.333. The van der Waals surface area contributed by atoms with Crippen molar-refractivity contribution in [2.24, 2.45) is 11.8 Å². The van der Waals surface area contributed by atoms with E-state index in [1.165, 1.54) is 23.3 Å². The maximum Gasteiger partial charge on any atom is 2.00 e. The van der Waals surface area contributed by atoms with Gasteiger partial charge in [-0.15, -0.1) is 35.7 Å². The van der Waals surface area contributed by atoms with E-state index in [9.17, 15) is 0 Å². The number of nitrogens with zero attached hydrogens (tertiary/aromatic N) is 4. The largest absolute Gasteiger partial charge is 2.00 e. The molecule has 3 atom stereocenters. The molecule has 3 aromatic heterocycles. The van der Waals surface area contributed by atoms with Gasteiger partial charge in [0.2, 0.25) is 0 Å². The van der Waals surface area contributed by atoms with Crippen molar-refractivity contribution >= 4 is 21.8 Å². The summed E-state index contributed by atoms with van der Waals surface area (Å²) in [6, 6.07) is 28.0. The van der Waals surface area contributed by atoms with Crippen LogP contribution in [0.25, 0.3) is 33.3 Å². The minimum Gasteiger partial charge on any atom is -0.509 e. The fourth-order valence-electron chi connectivity index (χ4n) is 7.88. The number of benzene rings is 3. The number of pyridine rings is 1. The first kappa shape index (κ1) is 33.9. The smallest absolute Gasteiger partial charge is 0.509 e. The van der Waals surface area contributed by atoms with E-state index in [1.807, 2.05) is 24.4 Å². The Hall–Kier alpha value is -3.95. The van der Waals surface area contributed by atoms with Gasteiger partial charge in [-0.1, -0.05) is 76.9 Å². The Morgan fingerprint density at radius 2 is 1.62 bits per heavy atom. The predicted octanol–water partition coefficient (Wildman–Crippen LogP) is 10.7. The van der Waals surface area contributed by atoms with Crippen LogP contribution in [0.2, 0.25) is 0 Å². The van der Waals surface area contributed by atoms with Gasteiger partial charge in [-0.05, 0) is 73.9 Å². The Kier molecular flexibility index (Phi) is 9.06. The average molecular weight is 816 g/mol. The van der Waals surface area contributed by atoms with E-state index in [4.69, 9.17) is 14.8 Å². The first-order valence-electron chi connectivity index (χ1n) is 16.8. The molecule has 0 radical (unpaired) electrons. The second kappa shape index (κ2) is 12.8. The summed E-state index contributed by atoms with van der Waals surface area (Å²) in [4.78, 5) is 4.72. The van der Waals surface area contributed by atoms with E-state index in [2.05, 4.69) is 132 Å². The molecule has 0 N–H and O–H groups in total. The number of aryl methyl sites for hydroxylation is 3. The van der Waals surface area contributed by atoms with Crippen LogP contribution >= 0.6 is 0 Å². The number of para-hydroxylation sites is 1. The molecule has 48 heavy (non-hydrogen) atoms. The molecule has 0 saturated heterocycles. The fourth-order valence-corrected chi connectivity index (χ4v) is 7.88. The monoisotopic (exact) mass is 815 g/mol. The molecule has 3 heterocycles. The zero-order chi connectivity index (χ0) is 33.2. The summed E-state index contributed by atoms with van der Waals surface area (Å²) < 4.78 is 10.9. The molecule has 1 aliphatic rings. The van der Waals surface area contributed by atoms with Crippen molar-refractivity contribution in [2.75, 3.05) is 0 Å². The Morgan fingerprint density at radius 1 is 0.854 bits per heavy atom. The molecule has 0 spiro atoms. The maximum atomic E-state index is 6.57. The van der Waals surface area contributed by atoms with Crippen LogP contribution in [-0.4, -0.2) is 19.3 Å². The second-order valence-electron chi connectivity index (χ2n) is 14.7. The molecule has 0 fully saturated rings. The molecule has 6 heteroatoms. The number of hydrogen-bond donors (Lipinski definition) is 0. The van der Waals surface area contributed by atoms with Gasteiger partial charge in [-0.2, -0.15) is 16.7 Å². The Balaban J connectivity index is 0.00000401. The van der Waals surface area contributed by atoms with Crippen molar-refractivity contribution in [3.8, 4) is 23.0 Å². The zero-order valence-corrected chi connectivity index (χ0v) is 31.7. The summed E-state index contributed by atoms with van der Waals surface area (Å²) in [6.45, 7) is 20.2. The van der Waals surface area contributed by atoms with Gasteiger partial charge in [0.25, 0.3) is 0 Å². The number of rotatable bonds is 5. The number of fused-ring (bicyclic) bond motifs is 3. The molecule has 248 valence electrons. The minimum atomic E-state index is -0.131. The van der Waals surface area contributed by atoms with Crippen LogP contribution in [-0.2, 0) is 26.5 Å². The Morgan fingerprint density at radius 3 is 2.35 bits per heavy atom. The number of aromatic nitrogens is 4. The molecule has 1 aliphatic carbocycles. The normalized spacial score (nSPS) is 18.2. The van der Waals surface area contributed by atoms with E-state index in [0.717, 1.165) is 50.1 Å². The van der Waals surface area contributed by atoms with Gasteiger partial charge in [0, 0.05) is 40.1 Å². The van der Waals surface area contributed by atoms with E-state index < -0.39 is 0 Å². The van der Waals surface area contributed by atoms with Gasteiger partial charge < -0.3 is 9.30 Å². The van der Waals surface area contributed by atoms with Crippen LogP contribution in [0.4, 0.5) is 0 Å². The first-order valence-corrected chi connectivity index (χ1v) is 16.8. The number of allylic oxidation sites excluding steroid dienone is 2. The van der Waals surface area contributed by atoms with E-state index in [-0.39, 0.29) is 26.5 Å². The van der Waals surface area contributed by atoms with Gasteiger partial charge in [-0.3, -0.25) is 4.68 Å². The van der Waals surface area contributed by atoms with Crippen molar-refractivity contribution in [1.82, 2.24) is 19.3 Å². The molecule has 5 nitrogen and oxygen atoms in total. The summed E-state index contributed by atoms with van der Waals surface area (Å²) in [6.07, 6.45) is 5.50. The molecule has 7 rings (SSSR count). The summed E-state index contributed by atoms with van der Waals surface area (Å²) >= 11 is 0. The van der Waals surface area contributed by atoms with Crippen LogP contribution in [0.3, 0.4) is 0 Å². The molecule has 1 unspecified atom stereocenters. The van der Waals surface area contributed by atoms with Gasteiger partial charge in [-0.25, -0.2) is 4.98 Å². The first-order chi connectivity index (χ1) is 22.4. The van der Waals surface area contributed by atoms with Gasteiger partial charge in [0.1, 0.15) is 5.82 Å². The third-order valence-corrected chi connectivity index (χ3v) is 9.59. The van der Waals surface area contributed by atoms with Crippen LogP contribution in [0.5, 0.6) is 11.5 Å². The van der Waals surface area contributed by atoms with Gasteiger partial charge in [0.15, 0.2) is 0 Å². The van der Waals surface area contributed by atoms with Crippen LogP contribution in [0.15, 0.2) is 78.5 Å². The Labute approximate surface area is 299 Å². The molecule has 6 aromatic rings. The predicted molar refractivity (Wildman–Crippen MR) is 192 cm³/mol. The molecule has 0 saturated carbocycles. The van der Waals surface area contributed by atoms with Crippen LogP contribution < -0.4 is 4.74 Å². The van der Waals surface area contributed by atoms with Crippen LogP contribution in [0, 0.1) is 44.7 Å². The maximum absolute atomic E-state index is 6.57. The molecule has 3 aromatic carbocycles. The van der Waals surface area contributed by atoms with Crippen LogP contribution in [0.1, 0.15) is 82.0 Å². The Bertz CT molecular complexity index is 2180. The zero-order valence-electron chi connectivity index (χ0n) is 29.4. The molecular weight excluding hydrogens is 772 g/mol. The summed E-state index contributed by atoms with van der Waals surface area (Å²) in [5.41, 5.74) is 10.1. The topological polar surface area (TPSA) is 44.9 Å². The van der Waals surface area contributed by atoms with E-state index >= 15 is 0 Å². The SMILES string of the molecule is CC1=C[C@H](C)C[C@H](C)C1c1c(C)nn(-c2[c-]c(Oc3[c-]c4c(cc3)c3ccccc3n4-c3cc(C)ccn3)cc(C)c2)c1C(C)(C)C.[Pt+2]. The van der Waals surface area contributed by atoms with Crippen molar-refractivity contribution < 1.29 is 25.8 Å². The number of ether oxygens (including phenoxy) is 1. The van der Waals surface area contributed by atoms with Gasteiger partial charge in [0.05, 0.1) is 11.4 Å².